The van der Waals surface area contributed by atoms with Crippen LogP contribution >= 0.6 is 12.4 Å². The van der Waals surface area contributed by atoms with Crippen LogP contribution in [0.3, 0.4) is 0 Å². The van der Waals surface area contributed by atoms with Crippen LogP contribution < -0.4 is 10.2 Å². The third-order valence-corrected chi connectivity index (χ3v) is 7.05. The molecule has 8 nitrogen and oxygen atoms in total. The molecule has 1 aromatic rings. The Morgan fingerprint density at radius 3 is 2.53 bits per heavy atom. The Bertz CT molecular complexity index is 859. The lowest BCUT2D eigenvalue weighted by molar-refractivity contribution is -0.153. The monoisotopic (exact) mass is 491 g/mol. The number of para-hydroxylation sites is 1. The molecule has 1 aromatic carbocycles. The van der Waals surface area contributed by atoms with Crippen LogP contribution in [0.4, 0.5) is 5.69 Å². The molecule has 3 saturated heterocycles. The first-order chi connectivity index (χ1) is 16.1. The van der Waals surface area contributed by atoms with E-state index in [4.69, 9.17) is 0 Å². The number of unbranched alkanes of at least 4 members (excludes halogenated alkanes) is 1. The second-order valence-electron chi connectivity index (χ2n) is 9.31. The van der Waals surface area contributed by atoms with Gasteiger partial charge in [0.1, 0.15) is 6.04 Å². The van der Waals surface area contributed by atoms with Crippen molar-refractivity contribution in [1.82, 2.24) is 20.0 Å². The van der Waals surface area contributed by atoms with Gasteiger partial charge in [-0.05, 0) is 50.8 Å². The number of nitrogens with one attached hydrogen (secondary N) is 1. The second-order valence-corrected chi connectivity index (χ2v) is 9.31. The summed E-state index contributed by atoms with van der Waals surface area (Å²) in [6.45, 7) is 9.13. The average molecular weight is 492 g/mol. The van der Waals surface area contributed by atoms with Crippen molar-refractivity contribution in [2.45, 2.75) is 45.1 Å². The summed E-state index contributed by atoms with van der Waals surface area (Å²) in [6.07, 6.45) is 4.62. The molecule has 0 spiro atoms. The van der Waals surface area contributed by atoms with Gasteiger partial charge in [0.25, 0.3) is 5.91 Å². The molecule has 0 aromatic heterocycles. The van der Waals surface area contributed by atoms with E-state index in [0.717, 1.165) is 82.6 Å². The first-order valence-electron chi connectivity index (χ1n) is 12.5. The highest BCUT2D eigenvalue weighted by atomic mass is 35.5. The van der Waals surface area contributed by atoms with E-state index in [0.29, 0.717) is 13.1 Å². The Balaban J connectivity index is 0.00000324. The van der Waals surface area contributed by atoms with Crippen LogP contribution in [0.2, 0.25) is 0 Å². The van der Waals surface area contributed by atoms with Gasteiger partial charge in [0.2, 0.25) is 11.8 Å². The van der Waals surface area contributed by atoms with Gasteiger partial charge in [-0.25, -0.2) is 0 Å². The minimum absolute atomic E-state index is 0. The average Bonchev–Trinajstić information content (AvgIpc) is 3.35. The molecular weight excluding hydrogens is 454 g/mol. The molecule has 0 bridgehead atoms. The van der Waals surface area contributed by atoms with Crippen molar-refractivity contribution in [2.75, 3.05) is 63.8 Å². The van der Waals surface area contributed by atoms with E-state index in [1.54, 1.807) is 9.80 Å². The molecule has 34 heavy (non-hydrogen) atoms. The topological polar surface area (TPSA) is 76.2 Å². The number of hydrogen-bond donors (Lipinski definition) is 1. The lowest BCUT2D eigenvalue weighted by atomic mass is 10.1. The van der Waals surface area contributed by atoms with Gasteiger partial charge in [-0.15, -0.1) is 12.4 Å². The summed E-state index contributed by atoms with van der Waals surface area (Å²) in [5.74, 6) is 0.251. The van der Waals surface area contributed by atoms with Gasteiger partial charge < -0.3 is 20.0 Å². The fourth-order valence-corrected chi connectivity index (χ4v) is 5.18. The van der Waals surface area contributed by atoms with Crippen LogP contribution in [0.5, 0.6) is 0 Å². The number of rotatable bonds is 9. The highest BCUT2D eigenvalue weighted by Crippen LogP contribution is 2.24. The van der Waals surface area contributed by atoms with Gasteiger partial charge in [0.15, 0.2) is 0 Å². The van der Waals surface area contributed by atoms with E-state index in [-0.39, 0.29) is 42.7 Å². The lowest BCUT2D eigenvalue weighted by Gasteiger charge is -2.37. The Hall–Kier alpha value is -2.32. The molecule has 0 saturated carbocycles. The molecule has 9 heteroatoms. The zero-order valence-electron chi connectivity index (χ0n) is 20.2. The van der Waals surface area contributed by atoms with Crippen LogP contribution in [0.1, 0.15) is 49.4 Å². The van der Waals surface area contributed by atoms with Gasteiger partial charge in [-0.3, -0.25) is 19.3 Å². The number of benzene rings is 1. The Morgan fingerprint density at radius 1 is 1.03 bits per heavy atom. The minimum atomic E-state index is -0.203. The summed E-state index contributed by atoms with van der Waals surface area (Å²) in [6, 6.07) is 7.66. The summed E-state index contributed by atoms with van der Waals surface area (Å²) in [7, 11) is 0. The van der Waals surface area contributed by atoms with Crippen molar-refractivity contribution in [3.8, 4) is 0 Å². The molecule has 0 radical (unpaired) electrons. The van der Waals surface area contributed by atoms with Crippen molar-refractivity contribution in [1.29, 1.82) is 0 Å². The maximum Gasteiger partial charge on any atom is 0.253 e. The van der Waals surface area contributed by atoms with Crippen molar-refractivity contribution >= 4 is 35.8 Å². The number of piperazine rings is 2. The zero-order valence-corrected chi connectivity index (χ0v) is 21.0. The molecular formula is C25H38ClN5O3. The Labute approximate surface area is 209 Å². The van der Waals surface area contributed by atoms with E-state index >= 15 is 0 Å². The summed E-state index contributed by atoms with van der Waals surface area (Å²) in [5.41, 5.74) is 1.76. The third-order valence-electron chi connectivity index (χ3n) is 7.05. The molecule has 3 aliphatic rings. The van der Waals surface area contributed by atoms with Crippen molar-refractivity contribution in [3.63, 3.8) is 0 Å². The van der Waals surface area contributed by atoms with Crippen molar-refractivity contribution in [2.24, 2.45) is 0 Å². The van der Waals surface area contributed by atoms with E-state index in [2.05, 4.69) is 22.0 Å². The molecule has 3 aliphatic heterocycles. The van der Waals surface area contributed by atoms with Gasteiger partial charge in [-0.2, -0.15) is 0 Å². The predicted molar refractivity (Wildman–Crippen MR) is 136 cm³/mol. The highest BCUT2D eigenvalue weighted by Gasteiger charge is 2.41. The standard InChI is InChI=1S/C25H37N5O3.ClH/c1-2-11-26-24(32)20-8-3-4-9-21(20)28-17-15-27(16-18-28)12-5-6-13-29-19-23(31)30-14-7-10-22(30)25(29)33;/h3-4,8-9,22H,2,5-7,10-19H2,1H3,(H,26,32);1H. The molecule has 3 heterocycles. The number of amides is 3. The number of carbonyl (C=O) groups excluding carboxylic acids is 3. The number of fused-ring (bicyclic) bond motifs is 1. The van der Waals surface area contributed by atoms with Crippen LogP contribution in [0.15, 0.2) is 24.3 Å². The molecule has 4 rings (SSSR count). The minimum Gasteiger partial charge on any atom is -0.368 e. The SMILES string of the molecule is CCCNC(=O)c1ccccc1N1CCN(CCCCN2CC(=O)N3CCCC3C2=O)CC1.Cl. The largest absolute Gasteiger partial charge is 0.368 e. The number of carbonyl (C=O) groups is 3. The van der Waals surface area contributed by atoms with Crippen LogP contribution in [-0.2, 0) is 9.59 Å². The number of anilines is 1. The summed E-state index contributed by atoms with van der Waals surface area (Å²) in [4.78, 5) is 45.8. The smallest absolute Gasteiger partial charge is 0.253 e. The van der Waals surface area contributed by atoms with Crippen molar-refractivity contribution in [3.05, 3.63) is 29.8 Å². The normalized spacial score (nSPS) is 20.9. The maximum absolute atomic E-state index is 12.6. The fourth-order valence-electron chi connectivity index (χ4n) is 5.18. The molecule has 1 atom stereocenters. The van der Waals surface area contributed by atoms with Crippen LogP contribution in [-0.4, -0.2) is 97.4 Å². The molecule has 1 unspecified atom stereocenters. The zero-order chi connectivity index (χ0) is 23.2. The summed E-state index contributed by atoms with van der Waals surface area (Å²) >= 11 is 0. The lowest BCUT2D eigenvalue weighted by Crippen LogP contribution is -2.57. The first kappa shape index (κ1) is 26.3. The Morgan fingerprint density at radius 2 is 1.76 bits per heavy atom. The Kier molecular flexibility index (Phi) is 9.59. The summed E-state index contributed by atoms with van der Waals surface area (Å²) < 4.78 is 0. The van der Waals surface area contributed by atoms with Gasteiger partial charge in [0, 0.05) is 51.5 Å². The highest BCUT2D eigenvalue weighted by molar-refractivity contribution is 5.99. The van der Waals surface area contributed by atoms with Crippen LogP contribution in [0.25, 0.3) is 0 Å². The van der Waals surface area contributed by atoms with E-state index in [9.17, 15) is 14.4 Å². The van der Waals surface area contributed by atoms with E-state index in [1.165, 1.54) is 0 Å². The molecule has 188 valence electrons. The number of nitrogens with zero attached hydrogens (tertiary/aromatic N) is 4. The van der Waals surface area contributed by atoms with E-state index in [1.807, 2.05) is 24.3 Å². The van der Waals surface area contributed by atoms with Gasteiger partial charge in [-0.1, -0.05) is 19.1 Å². The summed E-state index contributed by atoms with van der Waals surface area (Å²) in [5, 5.41) is 2.99. The fraction of sp³-hybridized carbons (Fsp3) is 0.640. The molecule has 3 amide bonds. The number of halogens is 1. The quantitative estimate of drug-likeness (QED) is 0.534. The van der Waals surface area contributed by atoms with E-state index < -0.39 is 0 Å². The van der Waals surface area contributed by atoms with Crippen molar-refractivity contribution < 1.29 is 14.4 Å². The van der Waals surface area contributed by atoms with Crippen LogP contribution in [0, 0.1) is 0 Å². The maximum atomic E-state index is 12.6. The number of hydrogen-bond acceptors (Lipinski definition) is 5. The van der Waals surface area contributed by atoms with Gasteiger partial charge in [0.05, 0.1) is 12.1 Å². The molecule has 3 fully saturated rings. The first-order valence-corrected chi connectivity index (χ1v) is 12.5. The van der Waals surface area contributed by atoms with Gasteiger partial charge >= 0.3 is 0 Å². The predicted octanol–water partition coefficient (Wildman–Crippen LogP) is 1.98. The molecule has 0 aliphatic carbocycles. The molecule has 1 N–H and O–H groups in total. The second kappa shape index (κ2) is 12.4. The third kappa shape index (κ3) is 6.02.